The minimum atomic E-state index is -0.262. The highest BCUT2D eigenvalue weighted by Gasteiger charge is 2.25. The molecule has 0 spiro atoms. The molecule has 2 amide bonds. The minimum Gasteiger partial charge on any atom is -0.347 e. The third-order valence-electron chi connectivity index (χ3n) is 4.42. The number of carbonyl (C=O) groups excluding carboxylic acids is 2. The Morgan fingerprint density at radius 2 is 1.92 bits per heavy atom. The van der Waals surface area contributed by atoms with Crippen LogP contribution in [0.2, 0.25) is 0 Å². The minimum absolute atomic E-state index is 0. The average Bonchev–Trinajstić information content (AvgIpc) is 2.60. The molecule has 1 heterocycles. The van der Waals surface area contributed by atoms with Gasteiger partial charge in [-0.05, 0) is 31.4 Å². The van der Waals surface area contributed by atoms with Gasteiger partial charge in [-0.25, -0.2) is 0 Å². The monoisotopic (exact) mass is 398 g/mol. The maximum atomic E-state index is 12.2. The smallest absolute Gasteiger partial charge is 0.243 e. The number of aromatic nitrogens is 1. The Morgan fingerprint density at radius 1 is 1.15 bits per heavy atom. The summed E-state index contributed by atoms with van der Waals surface area (Å²) in [5, 5.41) is 6.48. The highest BCUT2D eigenvalue weighted by molar-refractivity contribution is 6.01. The van der Waals surface area contributed by atoms with Gasteiger partial charge in [-0.2, -0.15) is 0 Å². The van der Waals surface area contributed by atoms with E-state index in [9.17, 15) is 9.59 Å². The van der Waals surface area contributed by atoms with Gasteiger partial charge in [0.25, 0.3) is 0 Å². The van der Waals surface area contributed by atoms with Crippen LogP contribution in [0.1, 0.15) is 25.7 Å². The topological polar surface area (TPSA) is 97.1 Å². The van der Waals surface area contributed by atoms with Crippen LogP contribution in [0.15, 0.2) is 36.5 Å². The number of amides is 2. The van der Waals surface area contributed by atoms with Crippen LogP contribution in [0.5, 0.6) is 0 Å². The van der Waals surface area contributed by atoms with E-state index in [1.165, 1.54) is 0 Å². The molecule has 0 saturated heterocycles. The molecule has 1 aliphatic carbocycles. The van der Waals surface area contributed by atoms with Crippen molar-refractivity contribution in [2.24, 2.45) is 11.7 Å². The lowest BCUT2D eigenvalue weighted by Crippen LogP contribution is -2.40. The Labute approximate surface area is 165 Å². The summed E-state index contributed by atoms with van der Waals surface area (Å²) in [6.45, 7) is -0.0478. The number of halogens is 2. The molecule has 0 bridgehead atoms. The standard InChI is InChI=1S/C18H22N4O2.2ClH/c19-14-7-1-5-13(10-14)18(24)21-11-16(23)22-15-8-2-4-12-6-3-9-20-17(12)15;;/h2-4,6,8-9,13-14H,1,5,7,10-11,19H2,(H,21,24)(H,22,23);2*1H. The predicted octanol–water partition coefficient (Wildman–Crippen LogP) is 2.65. The van der Waals surface area contributed by atoms with Crippen molar-refractivity contribution in [3.05, 3.63) is 36.5 Å². The van der Waals surface area contributed by atoms with E-state index < -0.39 is 0 Å². The van der Waals surface area contributed by atoms with Crippen LogP contribution in [-0.4, -0.2) is 29.4 Å². The molecule has 6 nitrogen and oxygen atoms in total. The molecule has 4 N–H and O–H groups in total. The van der Waals surface area contributed by atoms with Crippen molar-refractivity contribution in [3.8, 4) is 0 Å². The fourth-order valence-corrected chi connectivity index (χ4v) is 3.18. The number of benzene rings is 1. The molecule has 2 aromatic rings. The summed E-state index contributed by atoms with van der Waals surface area (Å²) in [5.41, 5.74) is 7.29. The third kappa shape index (κ3) is 5.56. The molecule has 1 aliphatic rings. The molecule has 2 unspecified atom stereocenters. The fraction of sp³-hybridized carbons (Fsp3) is 0.389. The Bertz CT molecular complexity index is 752. The number of hydrogen-bond donors (Lipinski definition) is 3. The second-order valence-corrected chi connectivity index (χ2v) is 6.27. The van der Waals surface area contributed by atoms with Gasteiger partial charge in [0.1, 0.15) is 0 Å². The molecule has 1 aromatic heterocycles. The SMILES string of the molecule is Cl.Cl.NC1CCCC(C(=O)NCC(=O)Nc2cccc3cccnc23)C1. The van der Waals surface area contributed by atoms with E-state index in [-0.39, 0.29) is 55.1 Å². The van der Waals surface area contributed by atoms with E-state index in [4.69, 9.17) is 5.73 Å². The molecule has 1 fully saturated rings. The number of nitrogens with two attached hydrogens (primary N) is 1. The number of pyridine rings is 1. The van der Waals surface area contributed by atoms with Gasteiger partial charge in [-0.3, -0.25) is 14.6 Å². The van der Waals surface area contributed by atoms with Crippen LogP contribution in [0.25, 0.3) is 10.9 Å². The molecule has 26 heavy (non-hydrogen) atoms. The molecule has 1 aromatic carbocycles. The number of para-hydroxylation sites is 1. The fourth-order valence-electron chi connectivity index (χ4n) is 3.18. The van der Waals surface area contributed by atoms with Gasteiger partial charge >= 0.3 is 0 Å². The van der Waals surface area contributed by atoms with E-state index in [2.05, 4.69) is 15.6 Å². The zero-order valence-corrected chi connectivity index (χ0v) is 15.9. The second-order valence-electron chi connectivity index (χ2n) is 6.27. The third-order valence-corrected chi connectivity index (χ3v) is 4.42. The van der Waals surface area contributed by atoms with Crippen molar-refractivity contribution in [1.29, 1.82) is 0 Å². The van der Waals surface area contributed by atoms with Crippen LogP contribution in [0.3, 0.4) is 0 Å². The van der Waals surface area contributed by atoms with Crippen molar-refractivity contribution < 1.29 is 9.59 Å². The van der Waals surface area contributed by atoms with E-state index >= 15 is 0 Å². The second kappa shape index (κ2) is 10.3. The molecular formula is C18H24Cl2N4O2. The molecule has 0 radical (unpaired) electrons. The lowest BCUT2D eigenvalue weighted by atomic mass is 9.85. The van der Waals surface area contributed by atoms with E-state index in [1.54, 1.807) is 12.3 Å². The van der Waals surface area contributed by atoms with Gasteiger partial charge in [-0.1, -0.05) is 24.6 Å². The van der Waals surface area contributed by atoms with Crippen LogP contribution in [0, 0.1) is 5.92 Å². The zero-order valence-electron chi connectivity index (χ0n) is 14.3. The Hall–Kier alpha value is -1.89. The van der Waals surface area contributed by atoms with Gasteiger partial charge < -0.3 is 16.4 Å². The number of anilines is 1. The zero-order chi connectivity index (χ0) is 16.9. The van der Waals surface area contributed by atoms with Crippen LogP contribution in [-0.2, 0) is 9.59 Å². The van der Waals surface area contributed by atoms with Crippen molar-refractivity contribution >= 4 is 53.2 Å². The first-order valence-electron chi connectivity index (χ1n) is 8.30. The quantitative estimate of drug-likeness (QED) is 0.736. The van der Waals surface area contributed by atoms with Crippen molar-refractivity contribution in [1.82, 2.24) is 10.3 Å². The van der Waals surface area contributed by atoms with Gasteiger partial charge in [0, 0.05) is 23.5 Å². The van der Waals surface area contributed by atoms with E-state index in [0.29, 0.717) is 12.1 Å². The predicted molar refractivity (Wildman–Crippen MR) is 108 cm³/mol. The van der Waals surface area contributed by atoms with Gasteiger partial charge in [0.05, 0.1) is 17.7 Å². The molecule has 142 valence electrons. The summed E-state index contributed by atoms with van der Waals surface area (Å²) in [6, 6.07) is 9.47. The van der Waals surface area contributed by atoms with E-state index in [0.717, 1.165) is 30.2 Å². The summed E-state index contributed by atoms with van der Waals surface area (Å²) < 4.78 is 0. The summed E-state index contributed by atoms with van der Waals surface area (Å²) in [7, 11) is 0. The number of nitrogens with one attached hydrogen (secondary N) is 2. The van der Waals surface area contributed by atoms with Crippen LogP contribution in [0.4, 0.5) is 5.69 Å². The molecular weight excluding hydrogens is 375 g/mol. The summed E-state index contributed by atoms with van der Waals surface area (Å²) in [5.74, 6) is -0.432. The van der Waals surface area contributed by atoms with E-state index in [1.807, 2.05) is 24.3 Å². The Balaban J connectivity index is 0.00000169. The molecule has 2 atom stereocenters. The average molecular weight is 399 g/mol. The summed E-state index contributed by atoms with van der Waals surface area (Å²) >= 11 is 0. The van der Waals surface area contributed by atoms with Crippen molar-refractivity contribution in [3.63, 3.8) is 0 Å². The highest BCUT2D eigenvalue weighted by atomic mass is 35.5. The number of hydrogen-bond acceptors (Lipinski definition) is 4. The Morgan fingerprint density at radius 3 is 2.69 bits per heavy atom. The number of nitrogens with zero attached hydrogens (tertiary/aromatic N) is 1. The largest absolute Gasteiger partial charge is 0.347 e. The Kier molecular flexibility index (Phi) is 8.78. The molecule has 8 heteroatoms. The number of rotatable bonds is 4. The van der Waals surface area contributed by atoms with Crippen LogP contribution < -0.4 is 16.4 Å². The van der Waals surface area contributed by atoms with Gasteiger partial charge in [-0.15, -0.1) is 24.8 Å². The summed E-state index contributed by atoms with van der Waals surface area (Å²) in [6.07, 6.45) is 5.16. The van der Waals surface area contributed by atoms with Crippen molar-refractivity contribution in [2.45, 2.75) is 31.7 Å². The number of fused-ring (bicyclic) bond motifs is 1. The lowest BCUT2D eigenvalue weighted by Gasteiger charge is -2.25. The lowest BCUT2D eigenvalue weighted by molar-refractivity contribution is -0.128. The molecule has 1 saturated carbocycles. The summed E-state index contributed by atoms with van der Waals surface area (Å²) in [4.78, 5) is 28.6. The first-order valence-corrected chi connectivity index (χ1v) is 8.30. The number of carbonyl (C=O) groups is 2. The highest BCUT2D eigenvalue weighted by Crippen LogP contribution is 2.23. The maximum Gasteiger partial charge on any atom is 0.243 e. The van der Waals surface area contributed by atoms with Crippen LogP contribution >= 0.6 is 24.8 Å². The molecule has 3 rings (SSSR count). The normalized spacial score (nSPS) is 19.0. The first-order chi connectivity index (χ1) is 11.6. The van der Waals surface area contributed by atoms with Gasteiger partial charge in [0.2, 0.25) is 11.8 Å². The first kappa shape index (κ1) is 22.2. The van der Waals surface area contributed by atoms with Gasteiger partial charge in [0.15, 0.2) is 0 Å². The molecule has 0 aliphatic heterocycles. The van der Waals surface area contributed by atoms with Crippen molar-refractivity contribution in [2.75, 3.05) is 11.9 Å². The maximum absolute atomic E-state index is 12.2.